The van der Waals surface area contributed by atoms with Crippen molar-refractivity contribution in [2.75, 3.05) is 19.8 Å². The first-order valence-electron chi connectivity index (χ1n) is 7.99. The summed E-state index contributed by atoms with van der Waals surface area (Å²) in [6, 6.07) is 6.92. The summed E-state index contributed by atoms with van der Waals surface area (Å²) in [6.07, 6.45) is 7.84. The molecule has 1 aromatic rings. The highest BCUT2D eigenvalue weighted by Gasteiger charge is 2.13. The molecule has 1 aromatic carbocycles. The smallest absolute Gasteiger partial charge is 0.157 e. The minimum absolute atomic E-state index is 0.0350. The van der Waals surface area contributed by atoms with E-state index in [2.05, 4.69) is 0 Å². The molecule has 0 saturated carbocycles. The molecule has 0 aromatic heterocycles. The van der Waals surface area contributed by atoms with Gasteiger partial charge in [-0.1, -0.05) is 12.5 Å². The third-order valence-corrected chi connectivity index (χ3v) is 3.57. The van der Waals surface area contributed by atoms with Gasteiger partial charge in [0.2, 0.25) is 0 Å². The molecule has 1 heterocycles. The van der Waals surface area contributed by atoms with Crippen LogP contribution < -0.4 is 4.74 Å². The average Bonchev–Trinajstić information content (AvgIpc) is 2.51. The standard InChI is InChI=1S/C17H26O4/c18-15-8-7-9-16(14-15)19-11-4-1-2-5-12-20-17-10-3-6-13-21-17/h7-9,14,17-18H,1-6,10-13H2. The molecule has 1 unspecified atom stereocenters. The Morgan fingerprint density at radius 3 is 2.71 bits per heavy atom. The van der Waals surface area contributed by atoms with Crippen molar-refractivity contribution < 1.29 is 19.3 Å². The molecule has 0 amide bonds. The molecule has 0 spiro atoms. The molecule has 0 aliphatic carbocycles. The molecular weight excluding hydrogens is 268 g/mol. The molecular formula is C17H26O4. The number of hydrogen-bond donors (Lipinski definition) is 1. The van der Waals surface area contributed by atoms with Crippen LogP contribution in [-0.4, -0.2) is 31.2 Å². The van der Waals surface area contributed by atoms with Crippen molar-refractivity contribution in [2.45, 2.75) is 51.2 Å². The lowest BCUT2D eigenvalue weighted by Crippen LogP contribution is -2.22. The molecule has 21 heavy (non-hydrogen) atoms. The second-order valence-electron chi connectivity index (χ2n) is 5.43. The van der Waals surface area contributed by atoms with Crippen LogP contribution in [0.1, 0.15) is 44.9 Å². The fourth-order valence-corrected chi connectivity index (χ4v) is 2.38. The number of phenols is 1. The van der Waals surface area contributed by atoms with E-state index in [1.807, 2.05) is 6.07 Å². The summed E-state index contributed by atoms with van der Waals surface area (Å²) in [5, 5.41) is 9.32. The van der Waals surface area contributed by atoms with Crippen LogP contribution in [0, 0.1) is 0 Å². The van der Waals surface area contributed by atoms with E-state index in [9.17, 15) is 5.11 Å². The maximum absolute atomic E-state index is 9.32. The zero-order chi connectivity index (χ0) is 14.8. The van der Waals surface area contributed by atoms with Gasteiger partial charge in [-0.15, -0.1) is 0 Å². The number of ether oxygens (including phenoxy) is 3. The largest absolute Gasteiger partial charge is 0.508 e. The van der Waals surface area contributed by atoms with Crippen molar-refractivity contribution in [3.63, 3.8) is 0 Å². The van der Waals surface area contributed by atoms with Crippen LogP contribution in [-0.2, 0) is 9.47 Å². The Morgan fingerprint density at radius 2 is 1.95 bits per heavy atom. The molecule has 118 valence electrons. The summed E-state index contributed by atoms with van der Waals surface area (Å²) in [5.74, 6) is 0.974. The molecule has 1 N–H and O–H groups in total. The number of hydrogen-bond acceptors (Lipinski definition) is 4. The first kappa shape index (κ1) is 16.1. The highest BCUT2D eigenvalue weighted by atomic mass is 16.7. The van der Waals surface area contributed by atoms with Crippen LogP contribution in [0.2, 0.25) is 0 Å². The predicted octanol–water partition coefficient (Wildman–Crippen LogP) is 3.87. The lowest BCUT2D eigenvalue weighted by Gasteiger charge is -2.22. The average molecular weight is 294 g/mol. The van der Waals surface area contributed by atoms with Crippen LogP contribution >= 0.6 is 0 Å². The van der Waals surface area contributed by atoms with Gasteiger partial charge in [0.05, 0.1) is 6.61 Å². The molecule has 1 aliphatic rings. The fraction of sp³-hybridized carbons (Fsp3) is 0.647. The minimum Gasteiger partial charge on any atom is -0.508 e. The van der Waals surface area contributed by atoms with Gasteiger partial charge in [-0.2, -0.15) is 0 Å². The number of aromatic hydroxyl groups is 1. The fourth-order valence-electron chi connectivity index (χ4n) is 2.38. The first-order valence-corrected chi connectivity index (χ1v) is 7.99. The summed E-state index contributed by atoms with van der Waals surface area (Å²) >= 11 is 0. The summed E-state index contributed by atoms with van der Waals surface area (Å²) in [7, 11) is 0. The van der Waals surface area contributed by atoms with Crippen LogP contribution in [0.4, 0.5) is 0 Å². The lowest BCUT2D eigenvalue weighted by molar-refractivity contribution is -0.162. The van der Waals surface area contributed by atoms with E-state index in [1.54, 1.807) is 18.2 Å². The van der Waals surface area contributed by atoms with Gasteiger partial charge in [-0.3, -0.25) is 0 Å². The zero-order valence-electron chi connectivity index (χ0n) is 12.6. The highest BCUT2D eigenvalue weighted by Crippen LogP contribution is 2.18. The van der Waals surface area contributed by atoms with E-state index >= 15 is 0 Å². The van der Waals surface area contributed by atoms with Gasteiger partial charge in [-0.25, -0.2) is 0 Å². The molecule has 0 radical (unpaired) electrons. The third kappa shape index (κ3) is 6.82. The maximum Gasteiger partial charge on any atom is 0.157 e. The first-order chi connectivity index (χ1) is 10.3. The Kier molecular flexibility index (Phi) is 7.39. The van der Waals surface area contributed by atoms with Crippen molar-refractivity contribution in [1.29, 1.82) is 0 Å². The predicted molar refractivity (Wildman–Crippen MR) is 81.6 cm³/mol. The van der Waals surface area contributed by atoms with Gasteiger partial charge < -0.3 is 19.3 Å². The van der Waals surface area contributed by atoms with E-state index in [0.29, 0.717) is 6.61 Å². The van der Waals surface area contributed by atoms with Crippen molar-refractivity contribution in [1.82, 2.24) is 0 Å². The van der Waals surface area contributed by atoms with Gasteiger partial charge in [0.15, 0.2) is 6.29 Å². The molecule has 2 rings (SSSR count). The van der Waals surface area contributed by atoms with Gasteiger partial charge in [0, 0.05) is 19.3 Å². The normalized spacial score (nSPS) is 18.6. The van der Waals surface area contributed by atoms with Gasteiger partial charge in [0.25, 0.3) is 0 Å². The van der Waals surface area contributed by atoms with E-state index in [-0.39, 0.29) is 12.0 Å². The molecule has 1 atom stereocenters. The Labute approximate surface area is 127 Å². The van der Waals surface area contributed by atoms with Crippen LogP contribution in [0.5, 0.6) is 11.5 Å². The van der Waals surface area contributed by atoms with Crippen molar-refractivity contribution in [3.8, 4) is 11.5 Å². The maximum atomic E-state index is 9.32. The lowest BCUT2D eigenvalue weighted by atomic mass is 10.2. The SMILES string of the molecule is Oc1cccc(OCCCCCCOC2CCCCO2)c1. The highest BCUT2D eigenvalue weighted by molar-refractivity contribution is 5.31. The Balaban J connectivity index is 1.41. The number of rotatable bonds is 9. The van der Waals surface area contributed by atoms with E-state index in [0.717, 1.165) is 51.1 Å². The molecule has 1 fully saturated rings. The van der Waals surface area contributed by atoms with E-state index in [4.69, 9.17) is 14.2 Å². The quantitative estimate of drug-likeness (QED) is 0.702. The summed E-state index contributed by atoms with van der Waals surface area (Å²) in [4.78, 5) is 0. The summed E-state index contributed by atoms with van der Waals surface area (Å²) < 4.78 is 16.8. The van der Waals surface area contributed by atoms with Gasteiger partial charge in [-0.05, 0) is 50.7 Å². The third-order valence-electron chi connectivity index (χ3n) is 3.57. The minimum atomic E-state index is 0.0350. The van der Waals surface area contributed by atoms with E-state index < -0.39 is 0 Å². The summed E-state index contributed by atoms with van der Waals surface area (Å²) in [6.45, 7) is 2.32. The van der Waals surface area contributed by atoms with Gasteiger partial charge in [0.1, 0.15) is 11.5 Å². The van der Waals surface area contributed by atoms with Crippen LogP contribution in [0.25, 0.3) is 0 Å². The zero-order valence-corrected chi connectivity index (χ0v) is 12.6. The molecule has 1 aliphatic heterocycles. The molecule has 0 bridgehead atoms. The van der Waals surface area contributed by atoms with Crippen LogP contribution in [0.15, 0.2) is 24.3 Å². The topological polar surface area (TPSA) is 47.9 Å². The Bertz CT molecular complexity index is 388. The van der Waals surface area contributed by atoms with E-state index in [1.165, 1.54) is 12.8 Å². The number of benzene rings is 1. The van der Waals surface area contributed by atoms with Crippen molar-refractivity contribution in [2.24, 2.45) is 0 Å². The van der Waals surface area contributed by atoms with Crippen LogP contribution in [0.3, 0.4) is 0 Å². The molecule has 1 saturated heterocycles. The van der Waals surface area contributed by atoms with Crippen molar-refractivity contribution >= 4 is 0 Å². The van der Waals surface area contributed by atoms with Crippen molar-refractivity contribution in [3.05, 3.63) is 24.3 Å². The second kappa shape index (κ2) is 9.64. The summed E-state index contributed by atoms with van der Waals surface area (Å²) in [5.41, 5.74) is 0. The monoisotopic (exact) mass is 294 g/mol. The molecule has 4 heteroatoms. The number of unbranched alkanes of at least 4 members (excludes halogenated alkanes) is 3. The Hall–Kier alpha value is -1.26. The van der Waals surface area contributed by atoms with Gasteiger partial charge >= 0.3 is 0 Å². The Morgan fingerprint density at radius 1 is 1.10 bits per heavy atom. The number of phenolic OH excluding ortho intramolecular Hbond substituents is 1. The molecule has 4 nitrogen and oxygen atoms in total. The second-order valence-corrected chi connectivity index (χ2v) is 5.43.